The average molecular weight is 220 g/mol. The SMILES string of the molecule is N=C(N)NNC(=N)NCCc1ccccc1. The second-order valence-corrected chi connectivity index (χ2v) is 3.20. The quantitative estimate of drug-likeness (QED) is 0.239. The van der Waals surface area contributed by atoms with Gasteiger partial charge in [-0.25, -0.2) is 0 Å². The van der Waals surface area contributed by atoms with Gasteiger partial charge in [0.1, 0.15) is 0 Å². The molecule has 7 N–H and O–H groups in total. The van der Waals surface area contributed by atoms with E-state index in [1.165, 1.54) is 5.56 Å². The Morgan fingerprint density at radius 1 is 1.12 bits per heavy atom. The van der Waals surface area contributed by atoms with Crippen LogP contribution in [0.2, 0.25) is 0 Å². The minimum Gasteiger partial charge on any atom is -0.369 e. The van der Waals surface area contributed by atoms with E-state index in [0.717, 1.165) is 6.42 Å². The van der Waals surface area contributed by atoms with Crippen LogP contribution in [0.4, 0.5) is 0 Å². The van der Waals surface area contributed by atoms with E-state index in [1.54, 1.807) is 0 Å². The summed E-state index contributed by atoms with van der Waals surface area (Å²) in [4.78, 5) is 0. The molecule has 0 atom stereocenters. The molecule has 0 aromatic heterocycles. The van der Waals surface area contributed by atoms with Gasteiger partial charge in [-0.15, -0.1) is 0 Å². The Morgan fingerprint density at radius 2 is 1.81 bits per heavy atom. The summed E-state index contributed by atoms with van der Waals surface area (Å²) in [7, 11) is 0. The zero-order valence-electron chi connectivity index (χ0n) is 8.88. The molecule has 86 valence electrons. The topological polar surface area (TPSA) is 110 Å². The van der Waals surface area contributed by atoms with Crippen LogP contribution in [-0.2, 0) is 6.42 Å². The van der Waals surface area contributed by atoms with Crippen LogP contribution in [0.25, 0.3) is 0 Å². The summed E-state index contributed by atoms with van der Waals surface area (Å²) < 4.78 is 0. The van der Waals surface area contributed by atoms with Gasteiger partial charge in [-0.2, -0.15) is 0 Å². The summed E-state index contributed by atoms with van der Waals surface area (Å²) in [5, 5.41) is 17.1. The molecule has 1 rings (SSSR count). The molecule has 0 fully saturated rings. The van der Waals surface area contributed by atoms with Gasteiger partial charge < -0.3 is 11.1 Å². The molecule has 0 spiro atoms. The maximum absolute atomic E-state index is 7.41. The lowest BCUT2D eigenvalue weighted by atomic mass is 10.1. The zero-order chi connectivity index (χ0) is 11.8. The number of nitrogens with one attached hydrogen (secondary N) is 5. The van der Waals surface area contributed by atoms with Crippen LogP contribution in [0.5, 0.6) is 0 Å². The van der Waals surface area contributed by atoms with Crippen LogP contribution in [-0.4, -0.2) is 18.5 Å². The highest BCUT2D eigenvalue weighted by molar-refractivity contribution is 5.81. The van der Waals surface area contributed by atoms with Crippen LogP contribution in [0.15, 0.2) is 30.3 Å². The summed E-state index contributed by atoms with van der Waals surface area (Å²) in [6, 6.07) is 10.0. The summed E-state index contributed by atoms with van der Waals surface area (Å²) in [6.45, 7) is 0.648. The maximum Gasteiger partial charge on any atom is 0.207 e. The molecule has 0 bridgehead atoms. The van der Waals surface area contributed by atoms with Gasteiger partial charge in [0, 0.05) is 6.54 Å². The van der Waals surface area contributed by atoms with E-state index in [9.17, 15) is 0 Å². The molecule has 0 radical (unpaired) electrons. The van der Waals surface area contributed by atoms with Crippen molar-refractivity contribution < 1.29 is 0 Å². The number of guanidine groups is 2. The molecule has 16 heavy (non-hydrogen) atoms. The van der Waals surface area contributed by atoms with Crippen LogP contribution >= 0.6 is 0 Å². The molecule has 1 aromatic carbocycles. The Kier molecular flexibility index (Phi) is 4.65. The maximum atomic E-state index is 7.41. The molecule has 0 amide bonds. The molecule has 0 saturated heterocycles. The van der Waals surface area contributed by atoms with Crippen molar-refractivity contribution >= 4 is 11.9 Å². The van der Waals surface area contributed by atoms with E-state index in [1.807, 2.05) is 30.3 Å². The van der Waals surface area contributed by atoms with Crippen molar-refractivity contribution in [3.8, 4) is 0 Å². The van der Waals surface area contributed by atoms with Crippen molar-refractivity contribution in [1.29, 1.82) is 10.8 Å². The summed E-state index contributed by atoms with van der Waals surface area (Å²) in [5.41, 5.74) is 11.0. The summed E-state index contributed by atoms with van der Waals surface area (Å²) in [6.07, 6.45) is 0.838. The van der Waals surface area contributed by atoms with Crippen LogP contribution in [0.3, 0.4) is 0 Å². The number of benzene rings is 1. The monoisotopic (exact) mass is 220 g/mol. The first-order valence-electron chi connectivity index (χ1n) is 4.91. The lowest BCUT2D eigenvalue weighted by molar-refractivity contribution is 0.761. The molecule has 6 nitrogen and oxygen atoms in total. The van der Waals surface area contributed by atoms with E-state index >= 15 is 0 Å². The van der Waals surface area contributed by atoms with Gasteiger partial charge in [0.25, 0.3) is 0 Å². The van der Waals surface area contributed by atoms with Crippen LogP contribution in [0.1, 0.15) is 5.56 Å². The fourth-order valence-corrected chi connectivity index (χ4v) is 1.15. The molecule has 0 aliphatic rings. The number of hydrogen-bond donors (Lipinski definition) is 6. The molecule has 0 heterocycles. The Balaban J connectivity index is 2.16. The third-order valence-electron chi connectivity index (χ3n) is 1.88. The molecule has 0 aliphatic carbocycles. The largest absolute Gasteiger partial charge is 0.369 e. The van der Waals surface area contributed by atoms with E-state index in [2.05, 4.69) is 16.2 Å². The molecule has 1 aromatic rings. The first kappa shape index (κ1) is 11.8. The molecular formula is C10H16N6. The van der Waals surface area contributed by atoms with Crippen LogP contribution in [0, 0.1) is 10.8 Å². The summed E-state index contributed by atoms with van der Waals surface area (Å²) >= 11 is 0. The van der Waals surface area contributed by atoms with Crippen molar-refractivity contribution in [2.75, 3.05) is 6.54 Å². The van der Waals surface area contributed by atoms with E-state index in [4.69, 9.17) is 16.6 Å². The average Bonchev–Trinajstić information content (AvgIpc) is 2.28. The van der Waals surface area contributed by atoms with Gasteiger partial charge in [-0.1, -0.05) is 30.3 Å². The lowest BCUT2D eigenvalue weighted by Crippen LogP contribution is -2.49. The molecule has 0 aliphatic heterocycles. The van der Waals surface area contributed by atoms with Crippen LogP contribution < -0.4 is 21.9 Å². The second-order valence-electron chi connectivity index (χ2n) is 3.20. The van der Waals surface area contributed by atoms with E-state index < -0.39 is 0 Å². The predicted molar refractivity (Wildman–Crippen MR) is 64.1 cm³/mol. The minimum atomic E-state index is -0.227. The molecule has 6 heteroatoms. The second kappa shape index (κ2) is 6.28. The van der Waals surface area contributed by atoms with E-state index in [0.29, 0.717) is 6.54 Å². The fraction of sp³-hybridized carbons (Fsp3) is 0.200. The van der Waals surface area contributed by atoms with Crippen molar-refractivity contribution in [3.63, 3.8) is 0 Å². The van der Waals surface area contributed by atoms with E-state index in [-0.39, 0.29) is 11.9 Å². The van der Waals surface area contributed by atoms with Gasteiger partial charge in [0.05, 0.1) is 0 Å². The Bertz CT molecular complexity index is 348. The molecule has 0 saturated carbocycles. The Morgan fingerprint density at radius 3 is 2.44 bits per heavy atom. The molecule has 0 unspecified atom stereocenters. The van der Waals surface area contributed by atoms with Gasteiger partial charge in [0.2, 0.25) is 11.9 Å². The highest BCUT2D eigenvalue weighted by atomic mass is 15.4. The third kappa shape index (κ3) is 4.85. The number of hydrazine groups is 1. The standard InChI is InChI=1S/C10H16N6/c11-9(12)15-16-10(13)14-7-6-8-4-2-1-3-5-8/h1-5H,6-7H2,(H4,11,12,15)(H3,13,14,16). The van der Waals surface area contributed by atoms with Gasteiger partial charge in [-0.05, 0) is 12.0 Å². The number of rotatable bonds is 3. The first-order valence-corrected chi connectivity index (χ1v) is 4.91. The van der Waals surface area contributed by atoms with Gasteiger partial charge in [-0.3, -0.25) is 21.7 Å². The minimum absolute atomic E-state index is 0.0890. The Labute approximate surface area is 94.2 Å². The number of nitrogens with two attached hydrogens (primary N) is 1. The highest BCUT2D eigenvalue weighted by Crippen LogP contribution is 1.97. The van der Waals surface area contributed by atoms with Crippen molar-refractivity contribution in [1.82, 2.24) is 16.2 Å². The third-order valence-corrected chi connectivity index (χ3v) is 1.88. The molecular weight excluding hydrogens is 204 g/mol. The smallest absolute Gasteiger partial charge is 0.207 e. The van der Waals surface area contributed by atoms with Crippen molar-refractivity contribution in [2.24, 2.45) is 5.73 Å². The van der Waals surface area contributed by atoms with Gasteiger partial charge in [0.15, 0.2) is 0 Å². The number of hydrogen-bond acceptors (Lipinski definition) is 2. The highest BCUT2D eigenvalue weighted by Gasteiger charge is 1.95. The predicted octanol–water partition coefficient (Wildman–Crippen LogP) is -0.259. The Hall–Kier alpha value is -2.24. The lowest BCUT2D eigenvalue weighted by Gasteiger charge is -2.10. The summed E-state index contributed by atoms with van der Waals surface area (Å²) in [5.74, 6) is -0.138. The fourth-order valence-electron chi connectivity index (χ4n) is 1.15. The van der Waals surface area contributed by atoms with Gasteiger partial charge >= 0.3 is 0 Å². The normalized spacial score (nSPS) is 9.25. The van der Waals surface area contributed by atoms with Crippen molar-refractivity contribution in [2.45, 2.75) is 6.42 Å². The zero-order valence-corrected chi connectivity index (χ0v) is 8.88. The van der Waals surface area contributed by atoms with Crippen molar-refractivity contribution in [3.05, 3.63) is 35.9 Å². The first-order chi connectivity index (χ1) is 7.68.